The van der Waals surface area contributed by atoms with Crippen molar-refractivity contribution in [1.82, 2.24) is 5.32 Å². The summed E-state index contributed by atoms with van der Waals surface area (Å²) in [5, 5.41) is 5.76. The minimum absolute atomic E-state index is 0.00722. The minimum Gasteiger partial charge on any atom is -0.497 e. The van der Waals surface area contributed by atoms with Crippen molar-refractivity contribution >= 4 is 23.3 Å². The molecule has 0 radical (unpaired) electrons. The normalized spacial score (nSPS) is 16.5. The van der Waals surface area contributed by atoms with E-state index < -0.39 is 0 Å². The highest BCUT2D eigenvalue weighted by Gasteiger charge is 2.31. The van der Waals surface area contributed by atoms with Gasteiger partial charge in [-0.1, -0.05) is 12.1 Å². The van der Waals surface area contributed by atoms with Gasteiger partial charge in [0.05, 0.1) is 13.2 Å². The maximum atomic E-state index is 12.3. The molecule has 0 aliphatic carbocycles. The van der Waals surface area contributed by atoms with Gasteiger partial charge in [-0.25, -0.2) is 4.79 Å². The molecule has 6 heteroatoms. The number of anilines is 2. The van der Waals surface area contributed by atoms with Crippen LogP contribution in [0.15, 0.2) is 42.5 Å². The number of nitrogens with zero attached hydrogens (tertiary/aromatic N) is 1. The van der Waals surface area contributed by atoms with Crippen LogP contribution in [-0.2, 0) is 4.79 Å². The number of carbonyl (C=O) groups excluding carboxylic acids is 2. The lowest BCUT2D eigenvalue weighted by molar-refractivity contribution is -0.117. The third-order valence-corrected chi connectivity index (χ3v) is 4.70. The van der Waals surface area contributed by atoms with Crippen molar-refractivity contribution in [1.29, 1.82) is 0 Å². The number of carbonyl (C=O) groups is 2. The van der Waals surface area contributed by atoms with E-state index in [1.807, 2.05) is 56.3 Å². The van der Waals surface area contributed by atoms with Gasteiger partial charge < -0.3 is 20.3 Å². The third kappa shape index (κ3) is 3.79. The quantitative estimate of drug-likeness (QED) is 0.886. The second-order valence-corrected chi connectivity index (χ2v) is 6.45. The molecular formula is C20H23N3O3. The molecule has 0 aromatic heterocycles. The summed E-state index contributed by atoms with van der Waals surface area (Å²) in [7, 11) is 1.60. The highest BCUT2D eigenvalue weighted by atomic mass is 16.5. The number of benzene rings is 2. The maximum Gasteiger partial charge on any atom is 0.319 e. The van der Waals surface area contributed by atoms with Crippen LogP contribution in [0.1, 0.15) is 17.5 Å². The van der Waals surface area contributed by atoms with E-state index in [4.69, 9.17) is 4.74 Å². The van der Waals surface area contributed by atoms with E-state index in [1.54, 1.807) is 12.0 Å². The summed E-state index contributed by atoms with van der Waals surface area (Å²) in [4.78, 5) is 26.3. The van der Waals surface area contributed by atoms with E-state index >= 15 is 0 Å². The van der Waals surface area contributed by atoms with Crippen LogP contribution in [0.5, 0.6) is 5.75 Å². The van der Waals surface area contributed by atoms with E-state index in [0.717, 1.165) is 28.3 Å². The molecule has 1 atom stereocenters. The van der Waals surface area contributed by atoms with E-state index in [9.17, 15) is 9.59 Å². The summed E-state index contributed by atoms with van der Waals surface area (Å²) < 4.78 is 5.14. The van der Waals surface area contributed by atoms with Crippen molar-refractivity contribution in [2.24, 2.45) is 0 Å². The first-order valence-electron chi connectivity index (χ1n) is 8.56. The zero-order valence-electron chi connectivity index (χ0n) is 15.2. The van der Waals surface area contributed by atoms with Gasteiger partial charge in [0.25, 0.3) is 0 Å². The van der Waals surface area contributed by atoms with Gasteiger partial charge in [-0.2, -0.15) is 0 Å². The molecule has 0 saturated carbocycles. The van der Waals surface area contributed by atoms with E-state index in [2.05, 4.69) is 10.6 Å². The molecule has 1 aliphatic heterocycles. The third-order valence-electron chi connectivity index (χ3n) is 4.70. The number of rotatable bonds is 4. The van der Waals surface area contributed by atoms with Gasteiger partial charge in [0.1, 0.15) is 5.75 Å². The maximum absolute atomic E-state index is 12.3. The number of amides is 3. The molecule has 2 N–H and O–H groups in total. The number of ether oxygens (including phenoxy) is 1. The zero-order valence-corrected chi connectivity index (χ0v) is 15.2. The summed E-state index contributed by atoms with van der Waals surface area (Å²) in [5.74, 6) is 0.732. The lowest BCUT2D eigenvalue weighted by atomic mass is 10.1. The van der Waals surface area contributed by atoms with Crippen LogP contribution in [0.3, 0.4) is 0 Å². The Morgan fingerprint density at radius 3 is 2.58 bits per heavy atom. The van der Waals surface area contributed by atoms with E-state index in [0.29, 0.717) is 6.54 Å². The smallest absolute Gasteiger partial charge is 0.319 e. The number of hydrogen-bond donors (Lipinski definition) is 2. The van der Waals surface area contributed by atoms with E-state index in [-0.39, 0.29) is 24.4 Å². The number of nitrogens with one attached hydrogen (secondary N) is 2. The second kappa shape index (κ2) is 7.47. The molecule has 2 aromatic rings. The molecule has 0 unspecified atom stereocenters. The molecule has 0 bridgehead atoms. The molecule has 1 aliphatic rings. The van der Waals surface area contributed by atoms with Crippen LogP contribution in [0, 0.1) is 13.8 Å². The predicted octanol–water partition coefficient (Wildman–Crippen LogP) is 3.24. The fourth-order valence-corrected chi connectivity index (χ4v) is 3.05. The molecule has 2 aromatic carbocycles. The first kappa shape index (κ1) is 17.8. The standard InChI is InChI=1S/C20H23N3O3/c1-13-5-4-6-18(14(13)2)22-20(25)21-15-11-19(24)23(12-15)16-7-9-17(26-3)10-8-16/h4-10,15H,11-12H2,1-3H3,(H2,21,22,25)/t15-/m1/s1. The van der Waals surface area contributed by atoms with E-state index in [1.165, 1.54) is 0 Å². The summed E-state index contributed by atoms with van der Waals surface area (Å²) in [6.45, 7) is 4.42. The molecule has 1 fully saturated rings. The van der Waals surface area contributed by atoms with Crippen molar-refractivity contribution in [2.45, 2.75) is 26.3 Å². The van der Waals surface area contributed by atoms with Gasteiger partial charge in [0.2, 0.25) is 5.91 Å². The number of aryl methyl sites for hydroxylation is 1. The van der Waals surface area contributed by atoms with Crippen LogP contribution in [0.25, 0.3) is 0 Å². The largest absolute Gasteiger partial charge is 0.497 e. The predicted molar refractivity (Wildman–Crippen MR) is 102 cm³/mol. The zero-order chi connectivity index (χ0) is 18.7. The van der Waals surface area contributed by atoms with Gasteiger partial charge in [-0.15, -0.1) is 0 Å². The van der Waals surface area contributed by atoms with Crippen LogP contribution < -0.4 is 20.3 Å². The monoisotopic (exact) mass is 353 g/mol. The summed E-state index contributed by atoms with van der Waals surface area (Å²) in [5.41, 5.74) is 3.73. The molecule has 0 spiro atoms. The van der Waals surface area contributed by atoms with Crippen LogP contribution in [0.4, 0.5) is 16.2 Å². The molecule has 3 rings (SSSR count). The van der Waals surface area contributed by atoms with Crippen molar-refractivity contribution in [3.05, 3.63) is 53.6 Å². The molecule has 26 heavy (non-hydrogen) atoms. The second-order valence-electron chi connectivity index (χ2n) is 6.45. The number of methoxy groups -OCH3 is 1. The Bertz CT molecular complexity index is 818. The lowest BCUT2D eigenvalue weighted by Crippen LogP contribution is -2.39. The van der Waals surface area contributed by atoms with Gasteiger partial charge in [0, 0.05) is 24.3 Å². The van der Waals surface area contributed by atoms with Crippen LogP contribution in [0.2, 0.25) is 0 Å². The topological polar surface area (TPSA) is 70.7 Å². The first-order chi connectivity index (χ1) is 12.5. The highest BCUT2D eigenvalue weighted by Crippen LogP contribution is 2.24. The molecule has 6 nitrogen and oxygen atoms in total. The fraction of sp³-hybridized carbons (Fsp3) is 0.300. The molecule has 1 saturated heterocycles. The van der Waals surface area contributed by atoms with Crippen molar-refractivity contribution in [3.63, 3.8) is 0 Å². The highest BCUT2D eigenvalue weighted by molar-refractivity contribution is 5.97. The van der Waals surface area contributed by atoms with Crippen LogP contribution in [-0.4, -0.2) is 31.6 Å². The Labute approximate surface area is 153 Å². The first-order valence-corrected chi connectivity index (χ1v) is 8.56. The van der Waals surface area contributed by atoms with Gasteiger partial charge in [0.15, 0.2) is 0 Å². The van der Waals surface area contributed by atoms with Crippen molar-refractivity contribution < 1.29 is 14.3 Å². The molecular weight excluding hydrogens is 330 g/mol. The average Bonchev–Trinajstić information content (AvgIpc) is 2.99. The molecule has 136 valence electrons. The fourth-order valence-electron chi connectivity index (χ4n) is 3.05. The minimum atomic E-state index is -0.298. The van der Waals surface area contributed by atoms with Gasteiger partial charge >= 0.3 is 6.03 Å². The average molecular weight is 353 g/mol. The van der Waals surface area contributed by atoms with Crippen molar-refractivity contribution in [3.8, 4) is 5.75 Å². The Morgan fingerprint density at radius 2 is 1.88 bits per heavy atom. The van der Waals surface area contributed by atoms with Gasteiger partial charge in [-0.3, -0.25) is 4.79 Å². The molecule has 3 amide bonds. The SMILES string of the molecule is COc1ccc(N2C[C@H](NC(=O)Nc3cccc(C)c3C)CC2=O)cc1. The molecule has 1 heterocycles. The summed E-state index contributed by atoms with van der Waals surface area (Å²) in [6.07, 6.45) is 0.284. The summed E-state index contributed by atoms with van der Waals surface area (Å²) in [6, 6.07) is 12.6. The number of hydrogen-bond acceptors (Lipinski definition) is 3. The lowest BCUT2D eigenvalue weighted by Gasteiger charge is -2.18. The Morgan fingerprint density at radius 1 is 1.15 bits per heavy atom. The Hall–Kier alpha value is -3.02. The summed E-state index contributed by atoms with van der Waals surface area (Å²) >= 11 is 0. The Balaban J connectivity index is 1.61. The number of urea groups is 1. The van der Waals surface area contributed by atoms with Gasteiger partial charge in [-0.05, 0) is 55.3 Å². The van der Waals surface area contributed by atoms with Crippen LogP contribution >= 0.6 is 0 Å². The Kier molecular flexibility index (Phi) is 5.11. The van der Waals surface area contributed by atoms with Crippen molar-refractivity contribution in [2.75, 3.05) is 23.9 Å².